The summed E-state index contributed by atoms with van der Waals surface area (Å²) < 4.78 is 1.78. The van der Waals surface area contributed by atoms with Crippen molar-refractivity contribution in [1.29, 1.82) is 0 Å². The van der Waals surface area contributed by atoms with Gasteiger partial charge in [0.05, 0.1) is 11.9 Å². The fraction of sp³-hybridized carbons (Fsp3) is 0.700. The fourth-order valence-electron chi connectivity index (χ4n) is 2.11. The molecule has 0 amide bonds. The number of hydrogen-bond donors (Lipinski definition) is 0. The largest absolute Gasteiger partial charge is 0.300 e. The Kier molecular flexibility index (Phi) is 2.61. The first-order chi connectivity index (χ1) is 6.77. The lowest BCUT2D eigenvalue weighted by Crippen LogP contribution is -2.08. The normalized spacial score (nSPS) is 23.5. The van der Waals surface area contributed by atoms with Gasteiger partial charge in [0.15, 0.2) is 0 Å². The van der Waals surface area contributed by atoms with E-state index in [4.69, 9.17) is 0 Å². The number of carbonyl (C=O) groups excluding carboxylic acids is 1. The molecule has 0 aliphatic heterocycles. The van der Waals surface area contributed by atoms with E-state index in [2.05, 4.69) is 10.3 Å². The van der Waals surface area contributed by atoms with Crippen molar-refractivity contribution in [2.24, 2.45) is 7.05 Å². The molecule has 1 aliphatic rings. The van der Waals surface area contributed by atoms with Gasteiger partial charge < -0.3 is 0 Å². The summed E-state index contributed by atoms with van der Waals surface area (Å²) >= 11 is 0. The summed E-state index contributed by atoms with van der Waals surface area (Å²) in [7, 11) is 1.89. The highest BCUT2D eigenvalue weighted by molar-refractivity contribution is 5.79. The molecular formula is C10H15N3O. The Morgan fingerprint density at radius 1 is 1.50 bits per heavy atom. The summed E-state index contributed by atoms with van der Waals surface area (Å²) in [4.78, 5) is 11.4. The minimum Gasteiger partial charge on any atom is -0.300 e. The molecule has 1 fully saturated rings. The molecule has 0 radical (unpaired) electrons. The van der Waals surface area contributed by atoms with Crippen molar-refractivity contribution in [3.8, 4) is 0 Å². The third kappa shape index (κ3) is 1.84. The van der Waals surface area contributed by atoms with Gasteiger partial charge in [-0.3, -0.25) is 9.48 Å². The maximum atomic E-state index is 11.4. The molecule has 0 spiro atoms. The topological polar surface area (TPSA) is 47.8 Å². The Balaban J connectivity index is 2.17. The minimum absolute atomic E-state index is 0.338. The van der Waals surface area contributed by atoms with E-state index in [1.54, 1.807) is 10.9 Å². The third-order valence-corrected chi connectivity index (χ3v) is 2.90. The van der Waals surface area contributed by atoms with Crippen LogP contribution in [-0.4, -0.2) is 20.8 Å². The lowest BCUT2D eigenvalue weighted by Gasteiger charge is -2.11. The Labute approximate surface area is 83.3 Å². The molecule has 1 saturated carbocycles. The quantitative estimate of drug-likeness (QED) is 0.634. The standard InChI is InChI=1S/C10H15N3O/c1-13-10(7-11-12-13)8-4-2-3-5-9(14)6-8/h7-8H,2-6H2,1H3. The number of Topliss-reactive ketones (excluding diaryl/α,β-unsaturated/α-hetero) is 1. The summed E-state index contributed by atoms with van der Waals surface area (Å²) in [6, 6.07) is 0. The number of carbonyl (C=O) groups is 1. The van der Waals surface area contributed by atoms with Crippen LogP contribution in [0.25, 0.3) is 0 Å². The van der Waals surface area contributed by atoms with Crippen molar-refractivity contribution in [3.63, 3.8) is 0 Å². The molecule has 4 nitrogen and oxygen atoms in total. The Bertz CT molecular complexity index is 332. The SMILES string of the molecule is Cn1nncc1C1CCCCC(=O)C1. The van der Waals surface area contributed by atoms with Crippen LogP contribution in [0.3, 0.4) is 0 Å². The molecule has 1 aromatic heterocycles. The average molecular weight is 193 g/mol. The Hall–Kier alpha value is -1.19. The highest BCUT2D eigenvalue weighted by atomic mass is 16.1. The van der Waals surface area contributed by atoms with Crippen molar-refractivity contribution in [2.45, 2.75) is 38.0 Å². The van der Waals surface area contributed by atoms with Crippen LogP contribution in [0.5, 0.6) is 0 Å². The van der Waals surface area contributed by atoms with Gasteiger partial charge >= 0.3 is 0 Å². The van der Waals surface area contributed by atoms with Gasteiger partial charge in [-0.1, -0.05) is 11.6 Å². The van der Waals surface area contributed by atoms with Gasteiger partial charge in [0.25, 0.3) is 0 Å². The molecule has 0 bridgehead atoms. The maximum Gasteiger partial charge on any atom is 0.133 e. The van der Waals surface area contributed by atoms with Gasteiger partial charge in [-0.05, 0) is 12.8 Å². The zero-order chi connectivity index (χ0) is 9.97. The van der Waals surface area contributed by atoms with Crippen LogP contribution in [-0.2, 0) is 11.8 Å². The second-order valence-corrected chi connectivity index (χ2v) is 3.97. The monoisotopic (exact) mass is 193 g/mol. The van der Waals surface area contributed by atoms with Gasteiger partial charge in [-0.2, -0.15) is 0 Å². The van der Waals surface area contributed by atoms with Crippen molar-refractivity contribution in [3.05, 3.63) is 11.9 Å². The minimum atomic E-state index is 0.338. The Morgan fingerprint density at radius 3 is 3.07 bits per heavy atom. The molecule has 1 unspecified atom stereocenters. The van der Waals surface area contributed by atoms with E-state index in [1.165, 1.54) is 0 Å². The predicted octanol–water partition coefficient (Wildman–Crippen LogP) is 1.43. The molecule has 1 atom stereocenters. The zero-order valence-electron chi connectivity index (χ0n) is 8.44. The van der Waals surface area contributed by atoms with Gasteiger partial charge in [0, 0.05) is 25.8 Å². The molecule has 2 rings (SSSR count). The summed E-state index contributed by atoms with van der Waals surface area (Å²) in [5.74, 6) is 0.721. The average Bonchev–Trinajstić information content (AvgIpc) is 2.45. The van der Waals surface area contributed by atoms with Crippen molar-refractivity contribution in [2.75, 3.05) is 0 Å². The van der Waals surface area contributed by atoms with Crippen LogP contribution in [0.4, 0.5) is 0 Å². The molecule has 0 N–H and O–H groups in total. The first-order valence-corrected chi connectivity index (χ1v) is 5.13. The maximum absolute atomic E-state index is 11.4. The van der Waals surface area contributed by atoms with Crippen molar-refractivity contribution < 1.29 is 4.79 Å². The van der Waals surface area contributed by atoms with E-state index in [0.29, 0.717) is 18.1 Å². The van der Waals surface area contributed by atoms with Gasteiger partial charge in [-0.25, -0.2) is 0 Å². The molecule has 14 heavy (non-hydrogen) atoms. The van der Waals surface area contributed by atoms with E-state index in [-0.39, 0.29) is 0 Å². The first-order valence-electron chi connectivity index (χ1n) is 5.13. The van der Waals surface area contributed by atoms with E-state index in [9.17, 15) is 4.79 Å². The van der Waals surface area contributed by atoms with Crippen LogP contribution in [0, 0.1) is 0 Å². The number of nitrogens with zero attached hydrogens (tertiary/aromatic N) is 3. The second-order valence-electron chi connectivity index (χ2n) is 3.97. The number of aryl methyl sites for hydroxylation is 1. The van der Waals surface area contributed by atoms with E-state index in [1.807, 2.05) is 7.05 Å². The van der Waals surface area contributed by atoms with Gasteiger partial charge in [0.1, 0.15) is 5.78 Å². The smallest absolute Gasteiger partial charge is 0.133 e. The van der Waals surface area contributed by atoms with Crippen LogP contribution in [0.15, 0.2) is 6.20 Å². The number of aromatic nitrogens is 3. The lowest BCUT2D eigenvalue weighted by molar-refractivity contribution is -0.119. The van der Waals surface area contributed by atoms with Gasteiger partial charge in [-0.15, -0.1) is 5.10 Å². The lowest BCUT2D eigenvalue weighted by atomic mass is 9.97. The molecule has 0 aromatic carbocycles. The predicted molar refractivity (Wildman–Crippen MR) is 51.8 cm³/mol. The van der Waals surface area contributed by atoms with Crippen LogP contribution >= 0.6 is 0 Å². The first kappa shape index (κ1) is 9.37. The molecule has 1 aromatic rings. The third-order valence-electron chi connectivity index (χ3n) is 2.90. The van der Waals surface area contributed by atoms with Crippen LogP contribution < -0.4 is 0 Å². The summed E-state index contributed by atoms with van der Waals surface area (Å²) in [5.41, 5.74) is 1.10. The molecule has 0 saturated heterocycles. The van der Waals surface area contributed by atoms with Crippen LogP contribution in [0.2, 0.25) is 0 Å². The highest BCUT2D eigenvalue weighted by Crippen LogP contribution is 2.28. The van der Waals surface area contributed by atoms with Crippen molar-refractivity contribution in [1.82, 2.24) is 15.0 Å². The molecule has 76 valence electrons. The molecule has 4 heteroatoms. The second kappa shape index (κ2) is 3.90. The molecule has 1 aliphatic carbocycles. The highest BCUT2D eigenvalue weighted by Gasteiger charge is 2.21. The van der Waals surface area contributed by atoms with E-state index >= 15 is 0 Å². The zero-order valence-corrected chi connectivity index (χ0v) is 8.44. The number of rotatable bonds is 1. The molecular weight excluding hydrogens is 178 g/mol. The van der Waals surface area contributed by atoms with Gasteiger partial charge in [0.2, 0.25) is 0 Å². The van der Waals surface area contributed by atoms with Crippen molar-refractivity contribution >= 4 is 5.78 Å². The van der Waals surface area contributed by atoms with E-state index < -0.39 is 0 Å². The van der Waals surface area contributed by atoms with E-state index in [0.717, 1.165) is 31.4 Å². The molecule has 1 heterocycles. The van der Waals surface area contributed by atoms with Crippen LogP contribution in [0.1, 0.15) is 43.7 Å². The summed E-state index contributed by atoms with van der Waals surface area (Å²) in [6.07, 6.45) is 6.47. The summed E-state index contributed by atoms with van der Waals surface area (Å²) in [5, 5.41) is 7.76. The fourth-order valence-corrected chi connectivity index (χ4v) is 2.11. The number of hydrogen-bond acceptors (Lipinski definition) is 3. The Morgan fingerprint density at radius 2 is 2.36 bits per heavy atom. The number of ketones is 1. The summed E-state index contributed by atoms with van der Waals surface area (Å²) in [6.45, 7) is 0.